The van der Waals surface area contributed by atoms with Crippen molar-refractivity contribution in [3.8, 4) is 0 Å². The smallest absolute Gasteiger partial charge is 0.341 e. The maximum Gasteiger partial charge on any atom is 0.341 e. The first-order valence-corrected chi connectivity index (χ1v) is 5.41. The van der Waals surface area contributed by atoms with Crippen LogP contribution in [-0.2, 0) is 0 Å². The van der Waals surface area contributed by atoms with Gasteiger partial charge >= 0.3 is 5.97 Å². The molecule has 1 saturated carbocycles. The van der Waals surface area contributed by atoms with E-state index >= 15 is 0 Å². The number of aromatic carboxylic acids is 1. The predicted molar refractivity (Wildman–Crippen MR) is 60.8 cm³/mol. The molecular weight excluding hydrogens is 222 g/mol. The van der Waals surface area contributed by atoms with Crippen molar-refractivity contribution in [2.75, 3.05) is 5.32 Å². The number of aromatic nitrogens is 2. The lowest BCUT2D eigenvalue weighted by molar-refractivity contribution is -0.0511. The molecule has 3 N–H and O–H groups in total. The third-order valence-electron chi connectivity index (χ3n) is 3.47. The molecule has 0 saturated heterocycles. The molecule has 1 heterocycles. The van der Waals surface area contributed by atoms with Gasteiger partial charge in [0.05, 0.1) is 6.10 Å². The van der Waals surface area contributed by atoms with E-state index in [2.05, 4.69) is 15.3 Å². The summed E-state index contributed by atoms with van der Waals surface area (Å²) in [6.07, 6.45) is 2.79. The van der Waals surface area contributed by atoms with Gasteiger partial charge in [-0.3, -0.25) is 0 Å². The maximum atomic E-state index is 11.0. The Morgan fingerprint density at radius 2 is 2.29 bits per heavy atom. The molecule has 0 aromatic carbocycles. The van der Waals surface area contributed by atoms with Crippen LogP contribution in [0.3, 0.4) is 0 Å². The van der Waals surface area contributed by atoms with E-state index in [1.807, 2.05) is 13.8 Å². The number of carboxylic acids is 1. The Hall–Kier alpha value is -1.69. The topological polar surface area (TPSA) is 95.3 Å². The number of anilines is 1. The molecule has 0 radical (unpaired) electrons. The van der Waals surface area contributed by atoms with Gasteiger partial charge in [0.15, 0.2) is 0 Å². The average molecular weight is 237 g/mol. The van der Waals surface area contributed by atoms with E-state index < -0.39 is 5.97 Å². The lowest BCUT2D eigenvalue weighted by Gasteiger charge is -2.49. The lowest BCUT2D eigenvalue weighted by atomic mass is 9.64. The van der Waals surface area contributed by atoms with Crippen molar-refractivity contribution in [1.29, 1.82) is 0 Å². The van der Waals surface area contributed by atoms with Crippen molar-refractivity contribution in [3.63, 3.8) is 0 Å². The van der Waals surface area contributed by atoms with Gasteiger partial charge in [-0.1, -0.05) is 13.8 Å². The third kappa shape index (κ3) is 1.95. The summed E-state index contributed by atoms with van der Waals surface area (Å²) in [6.45, 7) is 3.86. The van der Waals surface area contributed by atoms with Gasteiger partial charge in [0, 0.05) is 17.7 Å². The zero-order chi connectivity index (χ0) is 12.6. The first-order valence-electron chi connectivity index (χ1n) is 5.41. The van der Waals surface area contributed by atoms with E-state index in [1.54, 1.807) is 0 Å². The van der Waals surface area contributed by atoms with Crippen LogP contribution in [0.25, 0.3) is 0 Å². The third-order valence-corrected chi connectivity index (χ3v) is 3.47. The molecule has 6 heteroatoms. The number of rotatable bonds is 3. The largest absolute Gasteiger partial charge is 0.477 e. The monoisotopic (exact) mass is 237 g/mol. The minimum Gasteiger partial charge on any atom is -0.477 e. The summed E-state index contributed by atoms with van der Waals surface area (Å²) in [7, 11) is 0. The second kappa shape index (κ2) is 3.96. The SMILES string of the molecule is CC1(C)C(O)CC1Nc1ncncc1C(=O)O. The average Bonchev–Trinajstić information content (AvgIpc) is 2.29. The molecule has 92 valence electrons. The maximum absolute atomic E-state index is 11.0. The van der Waals surface area contributed by atoms with E-state index in [0.29, 0.717) is 12.2 Å². The zero-order valence-corrected chi connectivity index (χ0v) is 9.71. The molecule has 1 fully saturated rings. The first-order chi connectivity index (χ1) is 7.93. The number of hydrogen-bond acceptors (Lipinski definition) is 5. The molecule has 2 rings (SSSR count). The number of aliphatic hydroxyl groups excluding tert-OH is 1. The Labute approximate surface area is 98.7 Å². The highest BCUT2D eigenvalue weighted by atomic mass is 16.4. The van der Waals surface area contributed by atoms with Gasteiger partial charge in [-0.05, 0) is 6.42 Å². The fraction of sp³-hybridized carbons (Fsp3) is 0.545. The van der Waals surface area contributed by atoms with Crippen LogP contribution in [0.15, 0.2) is 12.5 Å². The number of nitrogens with one attached hydrogen (secondary N) is 1. The van der Waals surface area contributed by atoms with E-state index in [9.17, 15) is 9.90 Å². The minimum atomic E-state index is -1.06. The fourth-order valence-electron chi connectivity index (χ4n) is 1.91. The second-order valence-electron chi connectivity index (χ2n) is 4.86. The van der Waals surface area contributed by atoms with Crippen LogP contribution in [0.2, 0.25) is 0 Å². The Balaban J connectivity index is 2.18. The van der Waals surface area contributed by atoms with Crippen LogP contribution in [-0.4, -0.2) is 38.3 Å². The van der Waals surface area contributed by atoms with Crippen molar-refractivity contribution in [3.05, 3.63) is 18.1 Å². The van der Waals surface area contributed by atoms with E-state index in [4.69, 9.17) is 5.11 Å². The van der Waals surface area contributed by atoms with Gasteiger partial charge in [-0.15, -0.1) is 0 Å². The van der Waals surface area contributed by atoms with Crippen LogP contribution < -0.4 is 5.32 Å². The molecule has 17 heavy (non-hydrogen) atoms. The molecule has 0 spiro atoms. The van der Waals surface area contributed by atoms with E-state index in [-0.39, 0.29) is 23.1 Å². The first kappa shape index (κ1) is 11.8. The van der Waals surface area contributed by atoms with E-state index in [1.165, 1.54) is 12.5 Å². The van der Waals surface area contributed by atoms with Crippen LogP contribution >= 0.6 is 0 Å². The van der Waals surface area contributed by atoms with Crippen molar-refractivity contribution >= 4 is 11.8 Å². The van der Waals surface area contributed by atoms with Crippen molar-refractivity contribution in [2.24, 2.45) is 5.41 Å². The molecule has 1 aliphatic carbocycles. The summed E-state index contributed by atoms with van der Waals surface area (Å²) in [4.78, 5) is 18.6. The minimum absolute atomic E-state index is 0.0190. The summed E-state index contributed by atoms with van der Waals surface area (Å²) in [5.74, 6) is -0.761. The quantitative estimate of drug-likeness (QED) is 0.718. The molecule has 2 unspecified atom stereocenters. The van der Waals surface area contributed by atoms with Gasteiger partial charge < -0.3 is 15.5 Å². The van der Waals surface area contributed by atoms with Gasteiger partial charge in [0.1, 0.15) is 17.7 Å². The van der Waals surface area contributed by atoms with Crippen molar-refractivity contribution in [1.82, 2.24) is 9.97 Å². The lowest BCUT2D eigenvalue weighted by Crippen LogP contribution is -2.57. The van der Waals surface area contributed by atoms with E-state index in [0.717, 1.165) is 0 Å². The zero-order valence-electron chi connectivity index (χ0n) is 9.71. The van der Waals surface area contributed by atoms with Crippen LogP contribution in [0, 0.1) is 5.41 Å². The highest BCUT2D eigenvalue weighted by molar-refractivity contribution is 5.92. The predicted octanol–water partition coefficient (Wildman–Crippen LogP) is 0.746. The molecule has 0 aliphatic heterocycles. The molecule has 1 aromatic heterocycles. The highest BCUT2D eigenvalue weighted by Crippen LogP contribution is 2.42. The Morgan fingerprint density at radius 3 is 2.82 bits per heavy atom. The molecule has 0 bridgehead atoms. The number of aliphatic hydroxyl groups is 1. The highest BCUT2D eigenvalue weighted by Gasteiger charge is 2.47. The molecular formula is C11H15N3O3. The van der Waals surface area contributed by atoms with Crippen molar-refractivity contribution < 1.29 is 15.0 Å². The number of nitrogens with zero attached hydrogens (tertiary/aromatic N) is 2. The van der Waals surface area contributed by atoms with Crippen LogP contribution in [0.1, 0.15) is 30.6 Å². The summed E-state index contributed by atoms with van der Waals surface area (Å²) < 4.78 is 0. The Bertz CT molecular complexity index is 447. The number of carbonyl (C=O) groups is 1. The second-order valence-corrected chi connectivity index (χ2v) is 4.86. The molecule has 2 atom stereocenters. The van der Waals surface area contributed by atoms with Gasteiger partial charge in [-0.25, -0.2) is 14.8 Å². The molecule has 1 aromatic rings. The van der Waals surface area contributed by atoms with Gasteiger partial charge in [0.25, 0.3) is 0 Å². The Morgan fingerprint density at radius 1 is 1.59 bits per heavy atom. The summed E-state index contributed by atoms with van der Waals surface area (Å²) in [5.41, 5.74) is -0.231. The standard InChI is InChI=1S/C11H15N3O3/c1-11(2)7(3-8(11)15)14-9-6(10(16)17)4-12-5-13-9/h4-5,7-8,15H,3H2,1-2H3,(H,16,17)(H,12,13,14). The number of hydrogen-bond donors (Lipinski definition) is 3. The molecule has 6 nitrogen and oxygen atoms in total. The van der Waals surface area contributed by atoms with Crippen LogP contribution in [0.4, 0.5) is 5.82 Å². The van der Waals surface area contributed by atoms with Crippen LogP contribution in [0.5, 0.6) is 0 Å². The summed E-state index contributed by atoms with van der Waals surface area (Å²) in [5, 5.41) is 21.7. The summed E-state index contributed by atoms with van der Waals surface area (Å²) in [6, 6.07) is 0.0190. The molecule has 0 amide bonds. The fourth-order valence-corrected chi connectivity index (χ4v) is 1.91. The van der Waals surface area contributed by atoms with Gasteiger partial charge in [-0.2, -0.15) is 0 Å². The van der Waals surface area contributed by atoms with Gasteiger partial charge in [0.2, 0.25) is 0 Å². The summed E-state index contributed by atoms with van der Waals surface area (Å²) >= 11 is 0. The Kier molecular flexibility index (Phi) is 2.74. The molecule has 1 aliphatic rings. The van der Waals surface area contributed by atoms with Crippen molar-refractivity contribution in [2.45, 2.75) is 32.4 Å². The number of carboxylic acid groups (broad SMARTS) is 1. The normalized spacial score (nSPS) is 26.1.